The lowest BCUT2D eigenvalue weighted by Crippen LogP contribution is -2.40. The van der Waals surface area contributed by atoms with Gasteiger partial charge in [-0.15, -0.1) is 0 Å². The van der Waals surface area contributed by atoms with Gasteiger partial charge in [0, 0.05) is 30.4 Å². The van der Waals surface area contributed by atoms with Crippen LogP contribution in [-0.4, -0.2) is 41.4 Å². The Labute approximate surface area is 123 Å². The van der Waals surface area contributed by atoms with Crippen LogP contribution in [0.2, 0.25) is 0 Å². The second kappa shape index (κ2) is 6.72. The summed E-state index contributed by atoms with van der Waals surface area (Å²) in [4.78, 5) is 2.64. The van der Waals surface area contributed by atoms with Gasteiger partial charge in [0.05, 0.1) is 5.69 Å². The van der Waals surface area contributed by atoms with Gasteiger partial charge in [-0.2, -0.15) is 5.10 Å². The van der Waals surface area contributed by atoms with Gasteiger partial charge in [0.15, 0.2) is 0 Å². The van der Waals surface area contributed by atoms with E-state index in [0.29, 0.717) is 6.04 Å². The fraction of sp³-hybridized carbons (Fsp3) is 0.812. The van der Waals surface area contributed by atoms with Crippen molar-refractivity contribution >= 4 is 0 Å². The zero-order chi connectivity index (χ0) is 14.7. The van der Waals surface area contributed by atoms with Crippen LogP contribution < -0.4 is 5.32 Å². The summed E-state index contributed by atoms with van der Waals surface area (Å²) in [5, 5.41) is 8.01. The van der Waals surface area contributed by atoms with E-state index in [9.17, 15) is 0 Å². The first-order valence-electron chi connectivity index (χ1n) is 8.01. The molecule has 0 bridgehead atoms. The number of piperidine rings is 1. The molecular formula is C16H30N4. The van der Waals surface area contributed by atoms with Crippen molar-refractivity contribution < 1.29 is 0 Å². The highest BCUT2D eigenvalue weighted by Gasteiger charge is 2.27. The molecule has 4 nitrogen and oxygen atoms in total. The number of nitrogens with zero attached hydrogens (tertiary/aromatic N) is 3. The number of rotatable bonds is 5. The number of hydrogen-bond acceptors (Lipinski definition) is 3. The maximum atomic E-state index is 4.68. The van der Waals surface area contributed by atoms with Gasteiger partial charge < -0.3 is 5.32 Å². The van der Waals surface area contributed by atoms with Crippen LogP contribution >= 0.6 is 0 Å². The smallest absolute Gasteiger partial charge is 0.0644 e. The fourth-order valence-electron chi connectivity index (χ4n) is 3.71. The molecule has 2 atom stereocenters. The molecule has 1 aliphatic heterocycles. The molecule has 2 heterocycles. The van der Waals surface area contributed by atoms with Crippen LogP contribution in [0.1, 0.15) is 49.7 Å². The molecule has 2 rings (SSSR count). The first-order chi connectivity index (χ1) is 9.58. The molecule has 1 aliphatic rings. The van der Waals surface area contributed by atoms with Gasteiger partial charge in [-0.05, 0) is 66.6 Å². The van der Waals surface area contributed by atoms with E-state index in [4.69, 9.17) is 0 Å². The maximum absolute atomic E-state index is 4.68. The van der Waals surface area contributed by atoms with E-state index in [1.165, 1.54) is 42.9 Å². The van der Waals surface area contributed by atoms with Crippen LogP contribution in [0, 0.1) is 19.8 Å². The molecule has 1 saturated heterocycles. The summed E-state index contributed by atoms with van der Waals surface area (Å²) >= 11 is 0. The summed E-state index contributed by atoms with van der Waals surface area (Å²) in [6, 6.07) is 0.481. The van der Waals surface area contributed by atoms with Crippen molar-refractivity contribution in [2.75, 3.05) is 26.7 Å². The standard InChI is InChI=1S/C16H30N4/c1-6-20-14(4)16(12(2)18-20)13(3)19-9-7-8-15(11-19)10-17-5/h13,15,17H,6-11H2,1-5H3. The molecule has 20 heavy (non-hydrogen) atoms. The van der Waals surface area contributed by atoms with Crippen molar-refractivity contribution in [3.63, 3.8) is 0 Å². The Kier molecular flexibility index (Phi) is 5.22. The average molecular weight is 278 g/mol. The Morgan fingerprint density at radius 3 is 2.75 bits per heavy atom. The molecular weight excluding hydrogens is 248 g/mol. The number of nitrogens with one attached hydrogen (secondary N) is 1. The molecule has 4 heteroatoms. The lowest BCUT2D eigenvalue weighted by atomic mass is 9.94. The second-order valence-corrected chi connectivity index (χ2v) is 6.14. The van der Waals surface area contributed by atoms with Crippen LogP contribution in [0.3, 0.4) is 0 Å². The molecule has 114 valence electrons. The van der Waals surface area contributed by atoms with Crippen molar-refractivity contribution in [1.82, 2.24) is 20.0 Å². The van der Waals surface area contributed by atoms with Crippen LogP contribution in [0.25, 0.3) is 0 Å². The minimum atomic E-state index is 0.481. The summed E-state index contributed by atoms with van der Waals surface area (Å²) < 4.78 is 2.14. The van der Waals surface area contributed by atoms with Crippen molar-refractivity contribution in [2.24, 2.45) is 5.92 Å². The minimum absolute atomic E-state index is 0.481. The summed E-state index contributed by atoms with van der Waals surface area (Å²) in [7, 11) is 2.06. The van der Waals surface area contributed by atoms with Crippen LogP contribution in [0.5, 0.6) is 0 Å². The third-order valence-electron chi connectivity index (χ3n) is 4.75. The molecule has 0 spiro atoms. The predicted molar refractivity (Wildman–Crippen MR) is 84.0 cm³/mol. The lowest BCUT2D eigenvalue weighted by Gasteiger charge is -2.37. The summed E-state index contributed by atoms with van der Waals surface area (Å²) in [6.07, 6.45) is 2.67. The van der Waals surface area contributed by atoms with Gasteiger partial charge in [-0.3, -0.25) is 9.58 Å². The zero-order valence-electron chi connectivity index (χ0n) is 13.7. The molecule has 0 amide bonds. The normalized spacial score (nSPS) is 22.1. The third-order valence-corrected chi connectivity index (χ3v) is 4.75. The van der Waals surface area contributed by atoms with Gasteiger partial charge >= 0.3 is 0 Å². The zero-order valence-corrected chi connectivity index (χ0v) is 13.7. The van der Waals surface area contributed by atoms with Gasteiger partial charge in [0.2, 0.25) is 0 Å². The Bertz CT molecular complexity index is 436. The summed E-state index contributed by atoms with van der Waals surface area (Å²) in [5.74, 6) is 0.790. The highest BCUT2D eigenvalue weighted by Crippen LogP contribution is 2.30. The maximum Gasteiger partial charge on any atom is 0.0644 e. The van der Waals surface area contributed by atoms with E-state index in [-0.39, 0.29) is 0 Å². The molecule has 1 N–H and O–H groups in total. The Morgan fingerprint density at radius 1 is 1.40 bits per heavy atom. The predicted octanol–water partition coefficient (Wildman–Crippen LogP) is 2.51. The second-order valence-electron chi connectivity index (χ2n) is 6.14. The topological polar surface area (TPSA) is 33.1 Å². The van der Waals surface area contributed by atoms with Gasteiger partial charge in [-0.25, -0.2) is 0 Å². The summed E-state index contributed by atoms with van der Waals surface area (Å²) in [5.41, 5.74) is 3.98. The third kappa shape index (κ3) is 3.07. The van der Waals surface area contributed by atoms with Crippen molar-refractivity contribution in [3.8, 4) is 0 Å². The monoisotopic (exact) mass is 278 g/mol. The van der Waals surface area contributed by atoms with Crippen LogP contribution in [-0.2, 0) is 6.54 Å². The first kappa shape index (κ1) is 15.5. The highest BCUT2D eigenvalue weighted by molar-refractivity contribution is 5.28. The van der Waals surface area contributed by atoms with Crippen LogP contribution in [0.15, 0.2) is 0 Å². The molecule has 1 aromatic rings. The Balaban J connectivity index is 2.14. The molecule has 2 unspecified atom stereocenters. The van der Waals surface area contributed by atoms with Gasteiger partial charge in [0.1, 0.15) is 0 Å². The number of hydrogen-bond donors (Lipinski definition) is 1. The molecule has 1 aromatic heterocycles. The molecule has 0 aliphatic carbocycles. The highest BCUT2D eigenvalue weighted by atomic mass is 15.3. The minimum Gasteiger partial charge on any atom is -0.319 e. The van der Waals surface area contributed by atoms with Gasteiger partial charge in [0.25, 0.3) is 0 Å². The molecule has 0 radical (unpaired) electrons. The van der Waals surface area contributed by atoms with Crippen molar-refractivity contribution in [2.45, 2.75) is 53.1 Å². The lowest BCUT2D eigenvalue weighted by molar-refractivity contribution is 0.131. The molecule has 1 fully saturated rings. The fourth-order valence-corrected chi connectivity index (χ4v) is 3.71. The van der Waals surface area contributed by atoms with Gasteiger partial charge in [-0.1, -0.05) is 0 Å². The Morgan fingerprint density at radius 2 is 2.15 bits per heavy atom. The largest absolute Gasteiger partial charge is 0.319 e. The number of aromatic nitrogens is 2. The van der Waals surface area contributed by atoms with E-state index < -0.39 is 0 Å². The molecule has 0 aromatic carbocycles. The summed E-state index contributed by atoms with van der Waals surface area (Å²) in [6.45, 7) is 13.4. The van der Waals surface area contributed by atoms with E-state index in [2.05, 4.69) is 54.7 Å². The van der Waals surface area contributed by atoms with Crippen molar-refractivity contribution in [1.29, 1.82) is 0 Å². The van der Waals surface area contributed by atoms with E-state index in [0.717, 1.165) is 19.0 Å². The quantitative estimate of drug-likeness (QED) is 0.898. The van der Waals surface area contributed by atoms with E-state index >= 15 is 0 Å². The molecule has 0 saturated carbocycles. The van der Waals surface area contributed by atoms with Crippen LogP contribution in [0.4, 0.5) is 0 Å². The van der Waals surface area contributed by atoms with E-state index in [1.54, 1.807) is 0 Å². The average Bonchev–Trinajstić information content (AvgIpc) is 2.73. The number of aryl methyl sites for hydroxylation is 2. The number of likely N-dealkylation sites (tertiary alicyclic amines) is 1. The Hall–Kier alpha value is -0.870. The van der Waals surface area contributed by atoms with E-state index in [1.807, 2.05) is 0 Å². The first-order valence-corrected chi connectivity index (χ1v) is 8.01. The SMILES string of the molecule is CCn1nc(C)c(C(C)N2CCCC(CNC)C2)c1C. The van der Waals surface area contributed by atoms with Crippen molar-refractivity contribution in [3.05, 3.63) is 17.0 Å².